The topological polar surface area (TPSA) is 58.6 Å². The summed E-state index contributed by atoms with van der Waals surface area (Å²) < 4.78 is 19.0. The number of piperidine rings is 1. The van der Waals surface area contributed by atoms with Crippen LogP contribution in [0, 0.1) is 5.82 Å². The maximum atomic E-state index is 13.4. The smallest absolute Gasteiger partial charge is 0.260 e. The predicted octanol–water partition coefficient (Wildman–Crippen LogP) is 4.13. The number of ether oxygens (including phenoxy) is 1. The molecule has 0 aliphatic carbocycles. The molecule has 4 rings (SSSR count). The van der Waals surface area contributed by atoms with Gasteiger partial charge in [0.15, 0.2) is 6.61 Å². The Morgan fingerprint density at radius 2 is 1.78 bits per heavy atom. The van der Waals surface area contributed by atoms with Gasteiger partial charge in [-0.05, 0) is 42.7 Å². The Kier molecular flexibility index (Phi) is 6.63. The molecule has 1 fully saturated rings. The minimum atomic E-state index is -0.273. The van der Waals surface area contributed by atoms with E-state index in [0.717, 1.165) is 29.7 Å². The zero-order chi connectivity index (χ0) is 22.5. The van der Waals surface area contributed by atoms with Crippen LogP contribution in [0.25, 0.3) is 11.1 Å². The van der Waals surface area contributed by atoms with Gasteiger partial charge < -0.3 is 14.5 Å². The van der Waals surface area contributed by atoms with Crippen molar-refractivity contribution in [3.05, 3.63) is 72.3 Å². The fraction of sp³-hybridized carbons (Fsp3) is 0.320. The first-order valence-electron chi connectivity index (χ1n) is 10.8. The molecule has 2 aromatic carbocycles. The first-order chi connectivity index (χ1) is 15.5. The number of para-hydroxylation sites is 1. The van der Waals surface area contributed by atoms with Crippen LogP contribution in [0.5, 0.6) is 5.75 Å². The minimum Gasteiger partial charge on any atom is -0.484 e. The van der Waals surface area contributed by atoms with E-state index in [0.29, 0.717) is 24.8 Å². The summed E-state index contributed by atoms with van der Waals surface area (Å²) in [5, 5.41) is 0. The molecule has 0 bridgehead atoms. The molecule has 0 radical (unpaired) electrons. The second-order valence-electron chi connectivity index (χ2n) is 8.13. The van der Waals surface area contributed by atoms with Crippen molar-refractivity contribution >= 4 is 11.9 Å². The summed E-state index contributed by atoms with van der Waals surface area (Å²) in [6.45, 7) is 1.32. The Labute approximate surface area is 187 Å². The molecule has 6 nitrogen and oxygen atoms in total. The predicted molar refractivity (Wildman–Crippen MR) is 122 cm³/mol. The normalized spacial score (nSPS) is 14.3. The van der Waals surface area contributed by atoms with Gasteiger partial charge in [0.2, 0.25) is 5.95 Å². The van der Waals surface area contributed by atoms with E-state index in [-0.39, 0.29) is 24.2 Å². The molecular weight excluding hydrogens is 407 g/mol. The number of halogens is 1. The van der Waals surface area contributed by atoms with Crippen LogP contribution >= 0.6 is 0 Å². The van der Waals surface area contributed by atoms with E-state index >= 15 is 0 Å². The molecule has 1 aromatic heterocycles. The highest BCUT2D eigenvalue weighted by Gasteiger charge is 2.27. The summed E-state index contributed by atoms with van der Waals surface area (Å²) in [6.07, 6.45) is 3.42. The van der Waals surface area contributed by atoms with Crippen molar-refractivity contribution in [2.45, 2.75) is 18.8 Å². The van der Waals surface area contributed by atoms with Crippen molar-refractivity contribution in [3.63, 3.8) is 0 Å². The van der Waals surface area contributed by atoms with Gasteiger partial charge >= 0.3 is 0 Å². The summed E-state index contributed by atoms with van der Waals surface area (Å²) >= 11 is 0. The van der Waals surface area contributed by atoms with Crippen molar-refractivity contribution in [3.8, 4) is 16.9 Å². The zero-order valence-electron chi connectivity index (χ0n) is 18.4. The van der Waals surface area contributed by atoms with Crippen molar-refractivity contribution in [2.75, 3.05) is 38.7 Å². The number of anilines is 1. The molecule has 1 saturated heterocycles. The minimum absolute atomic E-state index is 0.0114. The van der Waals surface area contributed by atoms with E-state index in [9.17, 15) is 9.18 Å². The van der Waals surface area contributed by atoms with Crippen molar-refractivity contribution in [1.82, 2.24) is 14.9 Å². The van der Waals surface area contributed by atoms with E-state index < -0.39 is 0 Å². The molecule has 0 spiro atoms. The Morgan fingerprint density at radius 1 is 1.09 bits per heavy atom. The quantitative estimate of drug-likeness (QED) is 0.584. The summed E-state index contributed by atoms with van der Waals surface area (Å²) in [5.74, 6) is 1.24. The van der Waals surface area contributed by atoms with Crippen LogP contribution in [0.1, 0.15) is 24.5 Å². The van der Waals surface area contributed by atoms with Gasteiger partial charge in [0, 0.05) is 44.9 Å². The van der Waals surface area contributed by atoms with Crippen LogP contribution in [-0.4, -0.2) is 54.6 Å². The molecule has 1 amide bonds. The molecule has 0 saturated carbocycles. The Balaban J connectivity index is 1.46. The summed E-state index contributed by atoms with van der Waals surface area (Å²) in [7, 11) is 3.81. The number of likely N-dealkylation sites (tertiary alicyclic amines) is 1. The fourth-order valence-electron chi connectivity index (χ4n) is 3.92. The second-order valence-corrected chi connectivity index (χ2v) is 8.13. The molecule has 2 heterocycles. The Bertz CT molecular complexity index is 1050. The van der Waals surface area contributed by atoms with Crippen molar-refractivity contribution in [2.24, 2.45) is 0 Å². The van der Waals surface area contributed by atoms with Gasteiger partial charge in [-0.1, -0.05) is 30.3 Å². The van der Waals surface area contributed by atoms with Gasteiger partial charge in [0.25, 0.3) is 5.91 Å². The highest BCUT2D eigenvalue weighted by Crippen LogP contribution is 2.34. The van der Waals surface area contributed by atoms with Gasteiger partial charge in [0.05, 0.1) is 5.69 Å². The molecule has 166 valence electrons. The average molecular weight is 435 g/mol. The van der Waals surface area contributed by atoms with E-state index in [4.69, 9.17) is 9.72 Å². The molecule has 0 unspecified atom stereocenters. The van der Waals surface area contributed by atoms with E-state index in [1.54, 1.807) is 12.1 Å². The standard InChI is InChI=1S/C25H27FN4O2/c1-29(2)25-27-16-22(18-8-10-20(26)11-9-18)24(28-25)19-12-14-30(15-13-19)23(31)17-32-21-6-4-3-5-7-21/h3-11,16,19H,12-15,17H2,1-2H3. The second kappa shape index (κ2) is 9.77. The van der Waals surface area contributed by atoms with Crippen LogP contribution in [0.15, 0.2) is 60.8 Å². The van der Waals surface area contributed by atoms with E-state index in [1.165, 1.54) is 12.1 Å². The van der Waals surface area contributed by atoms with Crippen molar-refractivity contribution < 1.29 is 13.9 Å². The number of hydrogen-bond donors (Lipinski definition) is 0. The van der Waals surface area contributed by atoms with E-state index in [1.807, 2.05) is 60.4 Å². The summed E-state index contributed by atoms with van der Waals surface area (Å²) in [4.78, 5) is 25.6. The number of rotatable bonds is 6. The number of nitrogens with zero attached hydrogens (tertiary/aromatic N) is 4. The number of benzene rings is 2. The zero-order valence-corrected chi connectivity index (χ0v) is 18.4. The van der Waals surface area contributed by atoms with Gasteiger partial charge in [0.1, 0.15) is 11.6 Å². The number of carbonyl (C=O) groups is 1. The largest absolute Gasteiger partial charge is 0.484 e. The van der Waals surface area contributed by atoms with Gasteiger partial charge in [-0.15, -0.1) is 0 Å². The van der Waals surface area contributed by atoms with E-state index in [2.05, 4.69) is 4.98 Å². The van der Waals surface area contributed by atoms with Crippen LogP contribution < -0.4 is 9.64 Å². The van der Waals surface area contributed by atoms with Crippen LogP contribution in [-0.2, 0) is 4.79 Å². The Morgan fingerprint density at radius 3 is 2.44 bits per heavy atom. The Hall–Kier alpha value is -3.48. The highest BCUT2D eigenvalue weighted by atomic mass is 19.1. The van der Waals surface area contributed by atoms with Crippen LogP contribution in [0.3, 0.4) is 0 Å². The van der Waals surface area contributed by atoms with Gasteiger partial charge in [-0.3, -0.25) is 4.79 Å². The number of carbonyl (C=O) groups excluding carboxylic acids is 1. The first kappa shape index (κ1) is 21.7. The number of aromatic nitrogens is 2. The van der Waals surface area contributed by atoms with Gasteiger partial charge in [-0.25, -0.2) is 14.4 Å². The van der Waals surface area contributed by atoms with Crippen molar-refractivity contribution in [1.29, 1.82) is 0 Å². The SMILES string of the molecule is CN(C)c1ncc(-c2ccc(F)cc2)c(C2CCN(C(=O)COc3ccccc3)CC2)n1. The lowest BCUT2D eigenvalue weighted by Gasteiger charge is -2.32. The van der Waals surface area contributed by atoms with Gasteiger partial charge in [-0.2, -0.15) is 0 Å². The maximum absolute atomic E-state index is 13.4. The fourth-order valence-corrected chi connectivity index (χ4v) is 3.92. The first-order valence-corrected chi connectivity index (χ1v) is 10.8. The lowest BCUT2D eigenvalue weighted by atomic mass is 9.89. The maximum Gasteiger partial charge on any atom is 0.260 e. The third-order valence-electron chi connectivity index (χ3n) is 5.70. The average Bonchev–Trinajstić information content (AvgIpc) is 2.83. The lowest BCUT2D eigenvalue weighted by Crippen LogP contribution is -2.40. The molecule has 0 atom stereocenters. The molecule has 0 N–H and O–H groups in total. The molecular formula is C25H27FN4O2. The van der Waals surface area contributed by atoms with Crippen LogP contribution in [0.2, 0.25) is 0 Å². The third kappa shape index (κ3) is 5.04. The summed E-state index contributed by atoms with van der Waals surface area (Å²) in [6, 6.07) is 15.8. The monoisotopic (exact) mass is 434 g/mol. The highest BCUT2D eigenvalue weighted by molar-refractivity contribution is 5.78. The number of hydrogen-bond acceptors (Lipinski definition) is 5. The lowest BCUT2D eigenvalue weighted by molar-refractivity contribution is -0.134. The summed E-state index contributed by atoms with van der Waals surface area (Å²) in [5.41, 5.74) is 2.75. The van der Waals surface area contributed by atoms with Crippen LogP contribution in [0.4, 0.5) is 10.3 Å². The number of amides is 1. The molecule has 7 heteroatoms. The molecule has 1 aliphatic rings. The molecule has 32 heavy (non-hydrogen) atoms. The molecule has 1 aliphatic heterocycles. The molecule has 3 aromatic rings. The third-order valence-corrected chi connectivity index (χ3v) is 5.70.